The summed E-state index contributed by atoms with van der Waals surface area (Å²) in [4.78, 5) is 0. The molecule has 0 fully saturated rings. The van der Waals surface area contributed by atoms with Gasteiger partial charge in [-0.3, -0.25) is 0 Å². The molecule has 0 aromatic heterocycles. The highest BCUT2D eigenvalue weighted by Crippen LogP contribution is 2.55. The maximum absolute atomic E-state index is 2.41. The van der Waals surface area contributed by atoms with E-state index < -0.39 is 7.26 Å². The van der Waals surface area contributed by atoms with Crippen LogP contribution in [-0.4, -0.2) is 6.16 Å². The number of hydrogen-bond acceptors (Lipinski definition) is 0. The highest BCUT2D eigenvalue weighted by molar-refractivity contribution is 7.95. The van der Waals surface area contributed by atoms with Crippen molar-refractivity contribution in [2.45, 2.75) is 71.1 Å². The standard InChI is InChI=1S/C32H42P.BrH/c1-2-3-4-5-6-7-8-9-10-11-12-22-29-33(30-23-16-13-17-24-30,31-25-18-14-19-26-31)32-27-20-15-21-28-32;/h6-7,13-21,23-28H,2-5,8-12,22,29H2,1H3;1H/q+1;/p-1/b7-6-;. The number of rotatable bonds is 15. The summed E-state index contributed by atoms with van der Waals surface area (Å²) in [6.07, 6.45) is 19.3. The molecule has 3 aromatic carbocycles. The third-order valence-corrected chi connectivity index (χ3v) is 11.1. The fraction of sp³-hybridized carbons (Fsp3) is 0.375. The lowest BCUT2D eigenvalue weighted by Gasteiger charge is -2.27. The molecule has 0 aliphatic heterocycles. The summed E-state index contributed by atoms with van der Waals surface area (Å²) in [5.74, 6) is 0. The summed E-state index contributed by atoms with van der Waals surface area (Å²) in [7, 11) is -1.64. The normalized spacial score (nSPS) is 11.4. The van der Waals surface area contributed by atoms with Gasteiger partial charge in [0.15, 0.2) is 0 Å². The highest BCUT2D eigenvalue weighted by Gasteiger charge is 2.44. The van der Waals surface area contributed by atoms with Gasteiger partial charge in [0.2, 0.25) is 0 Å². The Morgan fingerprint density at radius 2 is 0.882 bits per heavy atom. The van der Waals surface area contributed by atoms with Crippen LogP contribution < -0.4 is 32.9 Å². The molecule has 0 radical (unpaired) electrons. The fourth-order valence-corrected chi connectivity index (χ4v) is 9.18. The van der Waals surface area contributed by atoms with E-state index in [1.165, 1.54) is 86.3 Å². The van der Waals surface area contributed by atoms with Gasteiger partial charge in [0.1, 0.15) is 23.2 Å². The molecular weight excluding hydrogens is 495 g/mol. The SMILES string of the molecule is CCCCC/C=C\CCCCCCC[P+](c1ccccc1)(c1ccccc1)c1ccccc1.[Br-]. The minimum atomic E-state index is -1.64. The zero-order chi connectivity index (χ0) is 23.0. The molecule has 0 nitrogen and oxygen atoms in total. The number of unbranched alkanes of at least 4 members (excludes halogenated alkanes) is 8. The number of benzene rings is 3. The Bertz CT molecular complexity index is 809. The zero-order valence-electron chi connectivity index (χ0n) is 20.9. The van der Waals surface area contributed by atoms with Crippen LogP contribution >= 0.6 is 7.26 Å². The van der Waals surface area contributed by atoms with Gasteiger partial charge in [-0.25, -0.2) is 0 Å². The lowest BCUT2D eigenvalue weighted by atomic mass is 10.1. The first kappa shape index (κ1) is 28.5. The van der Waals surface area contributed by atoms with Gasteiger partial charge in [0.25, 0.3) is 0 Å². The smallest absolute Gasteiger partial charge is 0.112 e. The average molecular weight is 538 g/mol. The van der Waals surface area contributed by atoms with E-state index in [1.54, 1.807) is 0 Å². The summed E-state index contributed by atoms with van der Waals surface area (Å²) in [5.41, 5.74) is 0. The van der Waals surface area contributed by atoms with Crippen molar-refractivity contribution in [2.24, 2.45) is 0 Å². The van der Waals surface area contributed by atoms with Crippen LogP contribution in [0, 0.1) is 0 Å². The summed E-state index contributed by atoms with van der Waals surface area (Å²) in [6.45, 7) is 2.27. The minimum Gasteiger partial charge on any atom is -1.00 e. The maximum Gasteiger partial charge on any atom is 0.112 e. The van der Waals surface area contributed by atoms with E-state index in [4.69, 9.17) is 0 Å². The van der Waals surface area contributed by atoms with Gasteiger partial charge in [-0.2, -0.15) is 0 Å². The predicted octanol–water partition coefficient (Wildman–Crippen LogP) is 5.46. The van der Waals surface area contributed by atoms with Gasteiger partial charge in [0, 0.05) is 0 Å². The number of allylic oxidation sites excluding steroid dienone is 2. The number of halogens is 1. The van der Waals surface area contributed by atoms with Crippen LogP contribution in [-0.2, 0) is 0 Å². The minimum absolute atomic E-state index is 0. The molecule has 0 spiro atoms. The molecule has 2 heteroatoms. The molecular formula is C32H42BrP. The molecule has 0 amide bonds. The van der Waals surface area contributed by atoms with Crippen LogP contribution in [0.1, 0.15) is 71.1 Å². The summed E-state index contributed by atoms with van der Waals surface area (Å²) < 4.78 is 0. The molecule has 0 bridgehead atoms. The van der Waals surface area contributed by atoms with Crippen molar-refractivity contribution in [3.05, 3.63) is 103 Å². The van der Waals surface area contributed by atoms with Gasteiger partial charge in [-0.15, -0.1) is 0 Å². The summed E-state index contributed by atoms with van der Waals surface area (Å²) in [6, 6.07) is 33.9. The molecule has 0 heterocycles. The van der Waals surface area contributed by atoms with Crippen molar-refractivity contribution in [2.75, 3.05) is 6.16 Å². The lowest BCUT2D eigenvalue weighted by molar-refractivity contribution is -0.00000669. The molecule has 0 saturated heterocycles. The first-order valence-corrected chi connectivity index (χ1v) is 15.1. The van der Waals surface area contributed by atoms with Crippen LogP contribution in [0.4, 0.5) is 0 Å². The van der Waals surface area contributed by atoms with Gasteiger partial charge >= 0.3 is 0 Å². The first-order chi connectivity index (χ1) is 16.4. The quantitative estimate of drug-likeness (QED) is 0.137. The molecule has 3 aromatic rings. The van der Waals surface area contributed by atoms with Crippen LogP contribution in [0.3, 0.4) is 0 Å². The number of hydrogen-bond donors (Lipinski definition) is 0. The topological polar surface area (TPSA) is 0 Å². The van der Waals surface area contributed by atoms with E-state index in [1.807, 2.05) is 0 Å². The van der Waals surface area contributed by atoms with Crippen LogP contribution in [0.2, 0.25) is 0 Å². The van der Waals surface area contributed by atoms with Crippen molar-refractivity contribution in [3.63, 3.8) is 0 Å². The van der Waals surface area contributed by atoms with E-state index in [9.17, 15) is 0 Å². The Hall–Kier alpha value is -1.69. The van der Waals surface area contributed by atoms with Crippen molar-refractivity contribution in [1.82, 2.24) is 0 Å². The van der Waals surface area contributed by atoms with Gasteiger partial charge < -0.3 is 17.0 Å². The second-order valence-electron chi connectivity index (χ2n) is 9.06. The van der Waals surface area contributed by atoms with Crippen molar-refractivity contribution in [3.8, 4) is 0 Å². The Balaban J connectivity index is 0.00000408. The van der Waals surface area contributed by atoms with Crippen LogP contribution in [0.15, 0.2) is 103 Å². The first-order valence-electron chi connectivity index (χ1n) is 13.1. The van der Waals surface area contributed by atoms with Gasteiger partial charge in [0.05, 0.1) is 6.16 Å². The fourth-order valence-electron chi connectivity index (χ4n) is 4.77. The summed E-state index contributed by atoms with van der Waals surface area (Å²) in [5, 5.41) is 4.53. The molecule has 3 rings (SSSR count). The Kier molecular flexibility index (Phi) is 14.2. The second kappa shape index (κ2) is 16.9. The molecule has 0 unspecified atom stereocenters. The van der Waals surface area contributed by atoms with Gasteiger partial charge in [-0.1, -0.05) is 99.4 Å². The lowest BCUT2D eigenvalue weighted by Crippen LogP contribution is -3.00. The second-order valence-corrected chi connectivity index (χ2v) is 12.7. The molecule has 182 valence electrons. The molecule has 0 N–H and O–H groups in total. The van der Waals surface area contributed by atoms with Crippen molar-refractivity contribution in [1.29, 1.82) is 0 Å². The van der Waals surface area contributed by atoms with E-state index in [2.05, 4.69) is 110 Å². The molecule has 0 aliphatic carbocycles. The Morgan fingerprint density at radius 1 is 0.500 bits per heavy atom. The molecule has 0 saturated carbocycles. The third-order valence-electron chi connectivity index (χ3n) is 6.60. The van der Waals surface area contributed by atoms with E-state index in [0.29, 0.717) is 0 Å². The van der Waals surface area contributed by atoms with E-state index in [-0.39, 0.29) is 17.0 Å². The van der Waals surface area contributed by atoms with Crippen molar-refractivity contribution >= 4 is 23.2 Å². The van der Waals surface area contributed by atoms with E-state index >= 15 is 0 Å². The molecule has 34 heavy (non-hydrogen) atoms. The summed E-state index contributed by atoms with van der Waals surface area (Å²) >= 11 is 0. The largest absolute Gasteiger partial charge is 1.00 e. The van der Waals surface area contributed by atoms with E-state index in [0.717, 1.165) is 0 Å². The zero-order valence-corrected chi connectivity index (χ0v) is 23.4. The molecule has 0 atom stereocenters. The third kappa shape index (κ3) is 8.51. The Labute approximate surface area is 220 Å². The van der Waals surface area contributed by atoms with Crippen molar-refractivity contribution < 1.29 is 17.0 Å². The van der Waals surface area contributed by atoms with Gasteiger partial charge in [-0.05, 0) is 74.9 Å². The Morgan fingerprint density at radius 3 is 1.32 bits per heavy atom. The highest BCUT2D eigenvalue weighted by atomic mass is 79.9. The monoisotopic (exact) mass is 536 g/mol. The predicted molar refractivity (Wildman–Crippen MR) is 151 cm³/mol. The van der Waals surface area contributed by atoms with Crippen LogP contribution in [0.5, 0.6) is 0 Å². The molecule has 0 aliphatic rings. The average Bonchev–Trinajstić information content (AvgIpc) is 2.89. The van der Waals surface area contributed by atoms with Crippen LogP contribution in [0.25, 0.3) is 0 Å². The maximum atomic E-state index is 2.41.